The molecule has 7 heteroatoms. The number of hydrogen-bond acceptors (Lipinski definition) is 4. The molecule has 0 N–H and O–H groups in total. The van der Waals surface area contributed by atoms with Gasteiger partial charge in [0.05, 0.1) is 0 Å². The second kappa shape index (κ2) is 7.30. The summed E-state index contributed by atoms with van der Waals surface area (Å²) in [7, 11) is 0. The van der Waals surface area contributed by atoms with Crippen molar-refractivity contribution >= 4 is 23.4 Å². The van der Waals surface area contributed by atoms with Gasteiger partial charge < -0.3 is 14.3 Å². The number of carbonyl (C=O) groups is 2. The van der Waals surface area contributed by atoms with Crippen molar-refractivity contribution < 1.29 is 14.1 Å². The maximum atomic E-state index is 12.7. The predicted octanol–water partition coefficient (Wildman–Crippen LogP) is 2.92. The minimum atomic E-state index is 0.0671. The van der Waals surface area contributed by atoms with Gasteiger partial charge in [0, 0.05) is 56.4 Å². The average molecular weight is 392 g/mol. The molecule has 1 aromatic rings. The van der Waals surface area contributed by atoms with Crippen molar-refractivity contribution in [2.24, 2.45) is 17.3 Å². The number of halogens is 1. The fourth-order valence-electron chi connectivity index (χ4n) is 4.66. The van der Waals surface area contributed by atoms with E-state index in [0.29, 0.717) is 29.7 Å². The standard InChI is InChI=1S/C20H26ClN3O3/c1-2-14-10-16(14)19(26)24-8-3-6-20(13-24)7-9-23(12-20)18(25)5-4-15-11-17(21)22-27-15/h2,11,14,16H,1,3-10,12-13H2/t14-,16-,20?/m1/s1. The second-order valence-electron chi connectivity index (χ2n) is 8.29. The molecule has 1 aliphatic carbocycles. The van der Waals surface area contributed by atoms with Crippen molar-refractivity contribution in [1.29, 1.82) is 0 Å². The quantitative estimate of drug-likeness (QED) is 0.724. The van der Waals surface area contributed by atoms with Gasteiger partial charge in [0.2, 0.25) is 11.8 Å². The first-order chi connectivity index (χ1) is 13.0. The van der Waals surface area contributed by atoms with Crippen LogP contribution in [0.3, 0.4) is 0 Å². The van der Waals surface area contributed by atoms with Gasteiger partial charge in [-0.2, -0.15) is 0 Å². The van der Waals surface area contributed by atoms with Crippen LogP contribution in [-0.4, -0.2) is 52.9 Å². The molecule has 1 saturated carbocycles. The van der Waals surface area contributed by atoms with Crippen LogP contribution in [0.2, 0.25) is 5.15 Å². The molecule has 1 unspecified atom stereocenters. The number of amides is 2. The third kappa shape index (κ3) is 3.91. The number of rotatable bonds is 5. The van der Waals surface area contributed by atoms with Crippen LogP contribution in [0.15, 0.2) is 23.2 Å². The fraction of sp³-hybridized carbons (Fsp3) is 0.650. The number of aromatic nitrogens is 1. The number of piperidine rings is 1. The van der Waals surface area contributed by atoms with Crippen LogP contribution < -0.4 is 0 Å². The Morgan fingerprint density at radius 3 is 2.85 bits per heavy atom. The second-order valence-corrected chi connectivity index (χ2v) is 8.67. The van der Waals surface area contributed by atoms with Crippen LogP contribution in [-0.2, 0) is 16.0 Å². The van der Waals surface area contributed by atoms with Crippen molar-refractivity contribution in [3.63, 3.8) is 0 Å². The zero-order valence-corrected chi connectivity index (χ0v) is 16.3. The maximum Gasteiger partial charge on any atom is 0.226 e. The zero-order valence-electron chi connectivity index (χ0n) is 15.5. The number of carbonyl (C=O) groups excluding carboxylic acids is 2. The van der Waals surface area contributed by atoms with Crippen LogP contribution in [0.25, 0.3) is 0 Å². The highest BCUT2D eigenvalue weighted by Crippen LogP contribution is 2.44. The molecule has 2 aliphatic heterocycles. The summed E-state index contributed by atoms with van der Waals surface area (Å²) >= 11 is 5.75. The number of aryl methyl sites for hydroxylation is 1. The van der Waals surface area contributed by atoms with Gasteiger partial charge in [-0.05, 0) is 31.6 Å². The van der Waals surface area contributed by atoms with Crippen LogP contribution >= 0.6 is 11.6 Å². The molecule has 6 nitrogen and oxygen atoms in total. The first-order valence-corrected chi connectivity index (χ1v) is 10.2. The van der Waals surface area contributed by atoms with Crippen LogP contribution in [0.5, 0.6) is 0 Å². The summed E-state index contributed by atoms with van der Waals surface area (Å²) in [4.78, 5) is 29.3. The number of allylic oxidation sites excluding steroid dienone is 1. The summed E-state index contributed by atoms with van der Waals surface area (Å²) in [6.07, 6.45) is 6.85. The molecule has 4 rings (SSSR count). The van der Waals surface area contributed by atoms with E-state index in [1.165, 1.54) is 0 Å². The molecule has 0 aromatic carbocycles. The maximum absolute atomic E-state index is 12.7. The molecule has 2 amide bonds. The van der Waals surface area contributed by atoms with E-state index in [1.54, 1.807) is 6.07 Å². The van der Waals surface area contributed by atoms with Crippen molar-refractivity contribution in [1.82, 2.24) is 15.0 Å². The van der Waals surface area contributed by atoms with E-state index in [-0.39, 0.29) is 23.1 Å². The average Bonchev–Trinajstić information content (AvgIpc) is 3.19. The van der Waals surface area contributed by atoms with E-state index in [4.69, 9.17) is 16.1 Å². The minimum Gasteiger partial charge on any atom is -0.360 e. The first kappa shape index (κ1) is 18.5. The van der Waals surface area contributed by atoms with Crippen molar-refractivity contribution in [3.05, 3.63) is 29.6 Å². The molecule has 2 saturated heterocycles. The zero-order chi connectivity index (χ0) is 19.0. The van der Waals surface area contributed by atoms with Crippen LogP contribution in [0.4, 0.5) is 0 Å². The predicted molar refractivity (Wildman–Crippen MR) is 101 cm³/mol. The van der Waals surface area contributed by atoms with Crippen LogP contribution in [0, 0.1) is 17.3 Å². The summed E-state index contributed by atoms with van der Waals surface area (Å²) in [6, 6.07) is 1.65. The Balaban J connectivity index is 1.31. The van der Waals surface area contributed by atoms with E-state index < -0.39 is 0 Å². The van der Waals surface area contributed by atoms with Gasteiger partial charge in [0.1, 0.15) is 5.76 Å². The SMILES string of the molecule is C=C[C@@H]1C[C@H]1C(=O)N1CCCC2(CCN(C(=O)CCc3cc(Cl)no3)C2)C1. The molecule has 0 bridgehead atoms. The number of likely N-dealkylation sites (tertiary alicyclic amines) is 2. The summed E-state index contributed by atoms with van der Waals surface area (Å²) in [5, 5.41) is 3.96. The molecule has 27 heavy (non-hydrogen) atoms. The summed E-state index contributed by atoms with van der Waals surface area (Å²) in [5.41, 5.74) is 0.0671. The largest absolute Gasteiger partial charge is 0.360 e. The first-order valence-electron chi connectivity index (χ1n) is 9.80. The lowest BCUT2D eigenvalue weighted by Crippen LogP contribution is -2.48. The van der Waals surface area contributed by atoms with E-state index >= 15 is 0 Å². The van der Waals surface area contributed by atoms with Gasteiger partial charge in [-0.3, -0.25) is 9.59 Å². The molecular formula is C20H26ClN3O3. The van der Waals surface area contributed by atoms with E-state index in [0.717, 1.165) is 51.9 Å². The summed E-state index contributed by atoms with van der Waals surface area (Å²) in [5.74, 6) is 1.56. The van der Waals surface area contributed by atoms with Crippen LogP contribution in [0.1, 0.15) is 37.9 Å². The lowest BCUT2D eigenvalue weighted by atomic mass is 9.79. The molecule has 3 heterocycles. The highest BCUT2D eigenvalue weighted by atomic mass is 35.5. The minimum absolute atomic E-state index is 0.0671. The molecule has 3 atom stereocenters. The van der Waals surface area contributed by atoms with Gasteiger partial charge in [0.15, 0.2) is 5.15 Å². The fourth-order valence-corrected chi connectivity index (χ4v) is 4.82. The monoisotopic (exact) mass is 391 g/mol. The Kier molecular flexibility index (Phi) is 5.01. The molecule has 0 radical (unpaired) electrons. The Morgan fingerprint density at radius 2 is 2.15 bits per heavy atom. The third-order valence-corrected chi connectivity index (χ3v) is 6.52. The van der Waals surface area contributed by atoms with Gasteiger partial charge in [-0.15, -0.1) is 6.58 Å². The molecule has 146 valence electrons. The van der Waals surface area contributed by atoms with Crippen molar-refractivity contribution in [2.45, 2.75) is 38.5 Å². The third-order valence-electron chi connectivity index (χ3n) is 6.34. The number of hydrogen-bond donors (Lipinski definition) is 0. The van der Waals surface area contributed by atoms with Gasteiger partial charge in [-0.1, -0.05) is 22.8 Å². The van der Waals surface area contributed by atoms with Gasteiger partial charge in [-0.25, -0.2) is 0 Å². The van der Waals surface area contributed by atoms with Gasteiger partial charge >= 0.3 is 0 Å². The summed E-state index contributed by atoms with van der Waals surface area (Å²) in [6.45, 7) is 6.97. The highest BCUT2D eigenvalue weighted by molar-refractivity contribution is 6.29. The highest BCUT2D eigenvalue weighted by Gasteiger charge is 2.48. The van der Waals surface area contributed by atoms with Gasteiger partial charge in [0.25, 0.3) is 0 Å². The molecule has 3 fully saturated rings. The van der Waals surface area contributed by atoms with Crippen molar-refractivity contribution in [3.8, 4) is 0 Å². The normalized spacial score (nSPS) is 30.0. The topological polar surface area (TPSA) is 66.7 Å². The molecular weight excluding hydrogens is 366 g/mol. The Labute approximate surface area is 164 Å². The number of nitrogens with zero attached hydrogens (tertiary/aromatic N) is 3. The Hall–Kier alpha value is -1.82. The smallest absolute Gasteiger partial charge is 0.226 e. The molecule has 1 spiro atoms. The molecule has 1 aromatic heterocycles. The lowest BCUT2D eigenvalue weighted by molar-refractivity contribution is -0.136. The Bertz CT molecular complexity index is 749. The summed E-state index contributed by atoms with van der Waals surface area (Å²) < 4.78 is 5.07. The van der Waals surface area contributed by atoms with Crippen molar-refractivity contribution in [2.75, 3.05) is 26.2 Å². The molecule has 3 aliphatic rings. The van der Waals surface area contributed by atoms with E-state index in [1.807, 2.05) is 15.9 Å². The van der Waals surface area contributed by atoms with E-state index in [9.17, 15) is 9.59 Å². The lowest BCUT2D eigenvalue weighted by Gasteiger charge is -2.40. The van der Waals surface area contributed by atoms with E-state index in [2.05, 4.69) is 11.7 Å². The Morgan fingerprint density at radius 1 is 1.33 bits per heavy atom.